The average molecular weight is 393 g/mol. The molecule has 1 amide bonds. The van der Waals surface area contributed by atoms with Crippen LogP contribution in [-0.4, -0.2) is 63.8 Å². The number of nitrogens with zero attached hydrogens (tertiary/aromatic N) is 1. The summed E-state index contributed by atoms with van der Waals surface area (Å²) in [4.78, 5) is 16.0. The molecule has 0 saturated carbocycles. The van der Waals surface area contributed by atoms with Crippen molar-refractivity contribution in [2.45, 2.75) is 65.5 Å². The fourth-order valence-electron chi connectivity index (χ4n) is 2.05. The van der Waals surface area contributed by atoms with Crippen LogP contribution in [0.1, 0.15) is 53.9 Å². The molecule has 9 heteroatoms. The minimum absolute atomic E-state index is 0.0311. The Morgan fingerprint density at radius 2 is 1.85 bits per heavy atom. The molecule has 0 aromatic heterocycles. The van der Waals surface area contributed by atoms with Gasteiger partial charge in [-0.2, -0.15) is 0 Å². The second-order valence-corrected chi connectivity index (χ2v) is 9.57. The van der Waals surface area contributed by atoms with Crippen LogP contribution in [0.3, 0.4) is 0 Å². The number of carbonyl (C=O) groups is 1. The highest BCUT2D eigenvalue weighted by atomic mass is 32.2. The summed E-state index contributed by atoms with van der Waals surface area (Å²) in [6.07, 6.45) is 2.42. The maximum Gasteiger partial charge on any atom is 0.407 e. The molecule has 0 bridgehead atoms. The van der Waals surface area contributed by atoms with Crippen LogP contribution < -0.4 is 16.0 Å². The van der Waals surface area contributed by atoms with E-state index in [-0.39, 0.29) is 24.1 Å². The van der Waals surface area contributed by atoms with E-state index in [1.54, 1.807) is 14.0 Å². The summed E-state index contributed by atoms with van der Waals surface area (Å²) in [5, 5.41) is 9.01. The van der Waals surface area contributed by atoms with E-state index in [9.17, 15) is 13.2 Å². The Bertz CT molecular complexity index is 541. The Balaban J connectivity index is 4.58. The van der Waals surface area contributed by atoms with E-state index in [2.05, 4.69) is 27.9 Å². The van der Waals surface area contributed by atoms with Crippen molar-refractivity contribution >= 4 is 21.9 Å². The van der Waals surface area contributed by atoms with Gasteiger partial charge in [0.15, 0.2) is 15.8 Å². The first-order valence-electron chi connectivity index (χ1n) is 9.17. The van der Waals surface area contributed by atoms with E-state index in [4.69, 9.17) is 4.74 Å². The minimum Gasteiger partial charge on any atom is -0.444 e. The molecular weight excluding hydrogens is 356 g/mol. The van der Waals surface area contributed by atoms with Crippen LogP contribution in [0.25, 0.3) is 0 Å². The van der Waals surface area contributed by atoms with Crippen molar-refractivity contribution < 1.29 is 17.9 Å². The molecule has 0 heterocycles. The van der Waals surface area contributed by atoms with E-state index in [0.717, 1.165) is 19.3 Å². The minimum atomic E-state index is -3.02. The number of unbranched alkanes of at least 4 members (excludes halogenated alkanes) is 1. The Kier molecular flexibility index (Phi) is 11.3. The van der Waals surface area contributed by atoms with Crippen molar-refractivity contribution in [2.24, 2.45) is 4.99 Å². The second-order valence-electron chi connectivity index (χ2n) is 7.10. The fourth-order valence-corrected chi connectivity index (χ4v) is 2.76. The number of hydrogen-bond acceptors (Lipinski definition) is 5. The number of hydrogen-bond donors (Lipinski definition) is 3. The van der Waals surface area contributed by atoms with E-state index < -0.39 is 21.5 Å². The van der Waals surface area contributed by atoms with Crippen LogP contribution in [0.4, 0.5) is 4.79 Å². The number of sulfone groups is 1. The second kappa shape index (κ2) is 12.0. The Morgan fingerprint density at radius 3 is 2.35 bits per heavy atom. The van der Waals surface area contributed by atoms with Gasteiger partial charge in [-0.3, -0.25) is 4.99 Å². The van der Waals surface area contributed by atoms with Crippen molar-refractivity contribution in [2.75, 3.05) is 31.6 Å². The highest BCUT2D eigenvalue weighted by molar-refractivity contribution is 7.91. The third-order valence-electron chi connectivity index (χ3n) is 3.51. The molecule has 0 radical (unpaired) electrons. The third-order valence-corrected chi connectivity index (χ3v) is 5.21. The molecule has 8 nitrogen and oxygen atoms in total. The topological polar surface area (TPSA) is 109 Å². The molecule has 1 atom stereocenters. The molecule has 0 aromatic carbocycles. The average Bonchev–Trinajstić information content (AvgIpc) is 2.54. The third kappa shape index (κ3) is 12.8. The van der Waals surface area contributed by atoms with E-state index in [1.807, 2.05) is 20.8 Å². The molecule has 0 spiro atoms. The molecule has 0 rings (SSSR count). The summed E-state index contributed by atoms with van der Waals surface area (Å²) in [7, 11) is -1.40. The van der Waals surface area contributed by atoms with Crippen LogP contribution in [0.5, 0.6) is 0 Å². The molecule has 0 aliphatic heterocycles. The number of aliphatic imine (C=N–C) groups is 1. The molecule has 0 aliphatic carbocycles. The molecule has 0 fully saturated rings. The SMILES string of the molecule is CCCCC(CNC(=O)OC(C)(C)C)NC(=NC)NCCS(=O)(=O)CC. The number of guanidine groups is 1. The highest BCUT2D eigenvalue weighted by Crippen LogP contribution is 2.07. The lowest BCUT2D eigenvalue weighted by molar-refractivity contribution is 0.0522. The maximum atomic E-state index is 11.8. The summed E-state index contributed by atoms with van der Waals surface area (Å²) in [5.74, 6) is 0.697. The quantitative estimate of drug-likeness (QED) is 0.385. The maximum absolute atomic E-state index is 11.8. The molecule has 1 unspecified atom stereocenters. The van der Waals surface area contributed by atoms with Gasteiger partial charge in [-0.05, 0) is 27.2 Å². The van der Waals surface area contributed by atoms with Crippen LogP contribution in [0.15, 0.2) is 4.99 Å². The highest BCUT2D eigenvalue weighted by Gasteiger charge is 2.18. The summed E-state index contributed by atoms with van der Waals surface area (Å²) < 4.78 is 28.4. The number of alkyl carbamates (subject to hydrolysis) is 1. The van der Waals surface area contributed by atoms with Gasteiger partial charge in [-0.15, -0.1) is 0 Å². The van der Waals surface area contributed by atoms with E-state index in [1.165, 1.54) is 0 Å². The van der Waals surface area contributed by atoms with Gasteiger partial charge < -0.3 is 20.7 Å². The van der Waals surface area contributed by atoms with Gasteiger partial charge in [0.1, 0.15) is 5.60 Å². The molecule has 0 saturated heterocycles. The van der Waals surface area contributed by atoms with Gasteiger partial charge in [0.05, 0.1) is 5.75 Å². The number of nitrogens with one attached hydrogen (secondary N) is 3. The van der Waals surface area contributed by atoms with Gasteiger partial charge in [0, 0.05) is 31.9 Å². The van der Waals surface area contributed by atoms with Crippen molar-refractivity contribution in [3.8, 4) is 0 Å². The monoisotopic (exact) mass is 392 g/mol. The largest absolute Gasteiger partial charge is 0.444 e. The zero-order valence-electron chi connectivity index (χ0n) is 17.0. The van der Waals surface area contributed by atoms with Crippen molar-refractivity contribution in [3.63, 3.8) is 0 Å². The standard InChI is InChI=1S/C17H36N4O4S/c1-7-9-10-14(13-20-16(22)25-17(3,4)5)21-15(18-6)19-11-12-26(23,24)8-2/h14H,7-13H2,1-6H3,(H,20,22)(H2,18,19,21). The van der Waals surface area contributed by atoms with E-state index in [0.29, 0.717) is 12.5 Å². The van der Waals surface area contributed by atoms with Gasteiger partial charge in [-0.1, -0.05) is 26.7 Å². The first kappa shape index (κ1) is 24.5. The van der Waals surface area contributed by atoms with Crippen molar-refractivity contribution in [1.29, 1.82) is 0 Å². The van der Waals surface area contributed by atoms with Gasteiger partial charge in [0.25, 0.3) is 0 Å². The molecule has 0 aromatic rings. The first-order valence-corrected chi connectivity index (χ1v) is 11.0. The molecule has 0 aliphatic rings. The summed E-state index contributed by atoms with van der Waals surface area (Å²) in [6.45, 7) is 9.85. The smallest absolute Gasteiger partial charge is 0.407 e. The first-order chi connectivity index (χ1) is 12.0. The van der Waals surface area contributed by atoms with Crippen molar-refractivity contribution in [1.82, 2.24) is 16.0 Å². The zero-order valence-corrected chi connectivity index (χ0v) is 17.8. The Morgan fingerprint density at radius 1 is 1.19 bits per heavy atom. The van der Waals surface area contributed by atoms with Crippen LogP contribution in [-0.2, 0) is 14.6 Å². The predicted molar refractivity (Wildman–Crippen MR) is 106 cm³/mol. The normalized spacial score (nSPS) is 13.8. The molecular formula is C17H36N4O4S. The summed E-state index contributed by atoms with van der Waals surface area (Å²) in [5.41, 5.74) is -0.543. The van der Waals surface area contributed by atoms with Crippen LogP contribution >= 0.6 is 0 Å². The lowest BCUT2D eigenvalue weighted by atomic mass is 10.1. The summed E-state index contributed by atoms with van der Waals surface area (Å²) in [6, 6.07) is -0.0311. The molecule has 3 N–H and O–H groups in total. The zero-order chi connectivity index (χ0) is 20.2. The van der Waals surface area contributed by atoms with Crippen LogP contribution in [0, 0.1) is 0 Å². The Hall–Kier alpha value is -1.51. The lowest BCUT2D eigenvalue weighted by Crippen LogP contribution is -2.49. The number of amides is 1. The van der Waals surface area contributed by atoms with Gasteiger partial charge in [0.2, 0.25) is 0 Å². The predicted octanol–water partition coefficient (Wildman–Crippen LogP) is 1.67. The van der Waals surface area contributed by atoms with Crippen molar-refractivity contribution in [3.05, 3.63) is 0 Å². The number of rotatable bonds is 10. The van der Waals surface area contributed by atoms with E-state index >= 15 is 0 Å². The number of ether oxygens (including phenoxy) is 1. The van der Waals surface area contributed by atoms with Gasteiger partial charge in [-0.25, -0.2) is 13.2 Å². The van der Waals surface area contributed by atoms with Crippen LogP contribution in [0.2, 0.25) is 0 Å². The molecule has 154 valence electrons. The number of carbonyl (C=O) groups excluding carboxylic acids is 1. The fraction of sp³-hybridized carbons (Fsp3) is 0.882. The lowest BCUT2D eigenvalue weighted by Gasteiger charge is -2.24. The van der Waals surface area contributed by atoms with Gasteiger partial charge >= 0.3 is 6.09 Å². The summed E-state index contributed by atoms with van der Waals surface area (Å²) >= 11 is 0. The Labute approximate surface area is 158 Å². The molecule has 26 heavy (non-hydrogen) atoms.